The van der Waals surface area contributed by atoms with Crippen LogP contribution in [0.5, 0.6) is 0 Å². The van der Waals surface area contributed by atoms with Crippen molar-refractivity contribution in [1.29, 1.82) is 0 Å². The van der Waals surface area contributed by atoms with Crippen molar-refractivity contribution < 1.29 is 14.6 Å². The number of carbonyl (C=O) groups is 1. The lowest BCUT2D eigenvalue weighted by Crippen LogP contribution is -2.48. The van der Waals surface area contributed by atoms with Gasteiger partial charge < -0.3 is 20.4 Å². The molecule has 0 aromatic rings. The lowest BCUT2D eigenvalue weighted by Gasteiger charge is -2.37. The molecule has 1 amide bonds. The molecule has 0 unspecified atom stereocenters. The summed E-state index contributed by atoms with van der Waals surface area (Å²) in [6.07, 6.45) is 5.06. The van der Waals surface area contributed by atoms with E-state index in [1.807, 2.05) is 25.7 Å². The zero-order valence-corrected chi connectivity index (χ0v) is 15.8. The molecule has 1 heterocycles. The van der Waals surface area contributed by atoms with Gasteiger partial charge in [0.2, 0.25) is 5.91 Å². The van der Waals surface area contributed by atoms with Gasteiger partial charge in [-0.3, -0.25) is 4.79 Å². The fraction of sp³-hybridized carbons (Fsp3) is 0.842. The van der Waals surface area contributed by atoms with Crippen LogP contribution in [-0.4, -0.2) is 49.3 Å². The second kappa shape index (κ2) is 6.71. The first-order valence-electron chi connectivity index (χ1n) is 9.47. The van der Waals surface area contributed by atoms with Gasteiger partial charge in [-0.15, -0.1) is 6.58 Å². The van der Waals surface area contributed by atoms with Crippen molar-refractivity contribution in [2.75, 3.05) is 19.9 Å². The average molecular weight is 347 g/mol. The first kappa shape index (κ1) is 18.9. The maximum atomic E-state index is 13.4. The second-order valence-corrected chi connectivity index (χ2v) is 9.40. The van der Waals surface area contributed by atoms with E-state index in [-0.39, 0.29) is 36.6 Å². The number of rotatable bonds is 6. The molecule has 139 valence electrons. The van der Waals surface area contributed by atoms with E-state index in [4.69, 9.17) is 10.4 Å². The highest BCUT2D eigenvalue weighted by atomic mass is 16.4. The Hall–Kier alpha value is -0.845. The predicted octanol–water partition coefficient (Wildman–Crippen LogP) is 1.72. The Morgan fingerprint density at radius 1 is 1.44 bits per heavy atom. The summed E-state index contributed by atoms with van der Waals surface area (Å²) in [5.41, 5.74) is 6.32. The van der Waals surface area contributed by atoms with E-state index in [2.05, 4.69) is 6.58 Å². The van der Waals surface area contributed by atoms with E-state index in [0.29, 0.717) is 22.7 Å². The van der Waals surface area contributed by atoms with Crippen molar-refractivity contribution in [3.63, 3.8) is 0 Å². The molecule has 0 aromatic heterocycles. The second-order valence-electron chi connectivity index (χ2n) is 9.40. The van der Waals surface area contributed by atoms with E-state index in [0.717, 1.165) is 6.54 Å². The Bertz CT molecular complexity index is 541. The van der Waals surface area contributed by atoms with Crippen molar-refractivity contribution in [2.24, 2.45) is 34.3 Å². The number of hydrogen-bond acceptors (Lipinski definition) is 4. The highest BCUT2D eigenvalue weighted by Crippen LogP contribution is 2.64. The summed E-state index contributed by atoms with van der Waals surface area (Å²) >= 11 is 0. The van der Waals surface area contributed by atoms with Gasteiger partial charge in [0, 0.05) is 6.54 Å². The quantitative estimate of drug-likeness (QED) is 0.567. The third-order valence-corrected chi connectivity index (χ3v) is 6.54. The summed E-state index contributed by atoms with van der Waals surface area (Å²) in [6, 6.07) is -0.0504. The third-order valence-electron chi connectivity index (χ3n) is 6.54. The molecular weight excluding hydrogens is 315 g/mol. The van der Waals surface area contributed by atoms with E-state index in [1.165, 1.54) is 33.2 Å². The monoisotopic (exact) mass is 347 g/mol. The minimum atomic E-state index is -0.373. The summed E-state index contributed by atoms with van der Waals surface area (Å²) in [6.45, 7) is 11.1. The molecule has 5 nitrogen and oxygen atoms in total. The number of fused-ring (bicyclic) bond motifs is 1. The van der Waals surface area contributed by atoms with Gasteiger partial charge in [-0.1, -0.05) is 26.2 Å². The average Bonchev–Trinajstić information content (AvgIpc) is 3.04. The molecule has 1 spiro atoms. The number of aliphatic hydroxyl groups excluding tert-OH is 1. The van der Waals surface area contributed by atoms with Gasteiger partial charge in [0.25, 0.3) is 0 Å². The van der Waals surface area contributed by atoms with E-state index >= 15 is 0 Å². The molecule has 2 aliphatic carbocycles. The number of likely N-dealkylation sites (tertiary alicyclic amines) is 1. The fourth-order valence-corrected chi connectivity index (χ4v) is 5.27. The fourth-order valence-electron chi connectivity index (χ4n) is 5.27. The minimum Gasteiger partial charge on any atom is -0.423 e. The number of amides is 1. The molecule has 2 saturated carbocycles. The number of nitrogens with zero attached hydrogens (tertiary/aromatic N) is 1. The SMILES string of the molecule is C=C([B]OCN)[C@H](C(=O)N1C[C@@H]2CC3(CC3)C[C@@H]2[C@H]1CO)C(C)(C)C. The van der Waals surface area contributed by atoms with Crippen LogP contribution in [0.15, 0.2) is 12.1 Å². The van der Waals surface area contributed by atoms with Crippen molar-refractivity contribution in [2.45, 2.75) is 52.5 Å². The topological polar surface area (TPSA) is 75.8 Å². The van der Waals surface area contributed by atoms with Gasteiger partial charge in [-0.05, 0) is 48.3 Å². The summed E-state index contributed by atoms with van der Waals surface area (Å²) in [7, 11) is 1.51. The Kier molecular flexibility index (Phi) is 5.08. The largest absolute Gasteiger partial charge is 0.423 e. The molecule has 3 fully saturated rings. The molecule has 0 aromatic carbocycles. The van der Waals surface area contributed by atoms with Gasteiger partial charge in [0.05, 0.1) is 25.3 Å². The number of carbonyl (C=O) groups excluding carboxylic acids is 1. The van der Waals surface area contributed by atoms with Crippen LogP contribution >= 0.6 is 0 Å². The van der Waals surface area contributed by atoms with Crippen LogP contribution in [0, 0.1) is 28.6 Å². The normalized spacial score (nSPS) is 31.1. The molecule has 1 radical (unpaired) electrons. The van der Waals surface area contributed by atoms with Crippen molar-refractivity contribution >= 4 is 13.4 Å². The number of aliphatic hydroxyl groups is 1. The summed E-state index contributed by atoms with van der Waals surface area (Å²) < 4.78 is 5.18. The van der Waals surface area contributed by atoms with Crippen LogP contribution in [0.3, 0.4) is 0 Å². The Morgan fingerprint density at radius 3 is 2.64 bits per heavy atom. The molecule has 1 saturated heterocycles. The summed E-state index contributed by atoms with van der Waals surface area (Å²) in [5, 5.41) is 10.0. The lowest BCUT2D eigenvalue weighted by molar-refractivity contribution is -0.139. The molecule has 0 bridgehead atoms. The van der Waals surface area contributed by atoms with Crippen LogP contribution in [0.2, 0.25) is 0 Å². The van der Waals surface area contributed by atoms with Crippen molar-refractivity contribution in [3.05, 3.63) is 12.1 Å². The Balaban J connectivity index is 1.76. The van der Waals surface area contributed by atoms with E-state index in [9.17, 15) is 9.90 Å². The lowest BCUT2D eigenvalue weighted by atomic mass is 9.67. The Labute approximate surface area is 152 Å². The van der Waals surface area contributed by atoms with Crippen molar-refractivity contribution in [3.8, 4) is 0 Å². The molecule has 3 rings (SSSR count). The third kappa shape index (κ3) is 3.53. The molecule has 1 aliphatic heterocycles. The van der Waals surface area contributed by atoms with Crippen LogP contribution in [0.1, 0.15) is 46.5 Å². The number of hydrogen-bond donors (Lipinski definition) is 2. The minimum absolute atomic E-state index is 0.0504. The van der Waals surface area contributed by atoms with Crippen molar-refractivity contribution in [1.82, 2.24) is 4.90 Å². The van der Waals surface area contributed by atoms with Gasteiger partial charge in [0.15, 0.2) is 0 Å². The summed E-state index contributed by atoms with van der Waals surface area (Å²) in [4.78, 5) is 15.4. The van der Waals surface area contributed by atoms with Crippen LogP contribution in [0.4, 0.5) is 0 Å². The maximum absolute atomic E-state index is 13.4. The first-order chi connectivity index (χ1) is 11.7. The van der Waals surface area contributed by atoms with Gasteiger partial charge in [-0.25, -0.2) is 0 Å². The zero-order chi connectivity index (χ0) is 18.4. The Morgan fingerprint density at radius 2 is 2.12 bits per heavy atom. The van der Waals surface area contributed by atoms with Crippen LogP contribution < -0.4 is 5.73 Å². The summed E-state index contributed by atoms with van der Waals surface area (Å²) in [5.74, 6) is 0.686. The smallest absolute Gasteiger partial charge is 0.327 e. The molecule has 6 heteroatoms. The highest BCUT2D eigenvalue weighted by Gasteiger charge is 2.59. The number of nitrogens with two attached hydrogens (primary N) is 1. The van der Waals surface area contributed by atoms with Gasteiger partial charge >= 0.3 is 7.48 Å². The van der Waals surface area contributed by atoms with Crippen LogP contribution in [-0.2, 0) is 9.45 Å². The van der Waals surface area contributed by atoms with Gasteiger partial charge in [-0.2, -0.15) is 0 Å². The van der Waals surface area contributed by atoms with Crippen LogP contribution in [0.25, 0.3) is 0 Å². The molecule has 3 N–H and O–H groups in total. The van der Waals surface area contributed by atoms with E-state index in [1.54, 1.807) is 0 Å². The molecule has 3 aliphatic rings. The predicted molar refractivity (Wildman–Crippen MR) is 98.4 cm³/mol. The standard InChI is InChI=1S/C19H32BN2O3/c1-12(20-25-11-21)16(18(2,3)4)17(24)22-9-13-7-19(5-6-19)8-14(13)15(22)10-23/h13-16,23H,1,5-11,21H2,2-4H3/t13-,14-,15+,16+/m0/s1. The maximum Gasteiger partial charge on any atom is 0.327 e. The first-order valence-corrected chi connectivity index (χ1v) is 9.47. The highest BCUT2D eigenvalue weighted by molar-refractivity contribution is 6.39. The molecule has 4 atom stereocenters. The van der Waals surface area contributed by atoms with E-state index < -0.39 is 0 Å². The molecule has 25 heavy (non-hydrogen) atoms. The zero-order valence-electron chi connectivity index (χ0n) is 15.8. The van der Waals surface area contributed by atoms with Gasteiger partial charge in [0.1, 0.15) is 0 Å². The molecular formula is C19H32BN2O3.